The molecule has 19 heavy (non-hydrogen) atoms. The molecule has 1 aromatic carbocycles. The number of methoxy groups -OCH3 is 1. The predicted molar refractivity (Wildman–Crippen MR) is 78.4 cm³/mol. The van der Waals surface area contributed by atoms with Gasteiger partial charge in [-0.05, 0) is 50.4 Å². The lowest BCUT2D eigenvalue weighted by Crippen LogP contribution is -2.28. The third kappa shape index (κ3) is 7.59. The van der Waals surface area contributed by atoms with E-state index in [-0.39, 0.29) is 5.91 Å². The van der Waals surface area contributed by atoms with Crippen molar-refractivity contribution in [2.75, 3.05) is 32.1 Å². The van der Waals surface area contributed by atoms with Crippen molar-refractivity contribution in [2.24, 2.45) is 0 Å². The molecule has 0 heterocycles. The van der Waals surface area contributed by atoms with Crippen LogP contribution in [-0.4, -0.2) is 32.7 Å². The van der Waals surface area contributed by atoms with Gasteiger partial charge in [0.05, 0.1) is 6.54 Å². The van der Waals surface area contributed by atoms with Crippen LogP contribution in [0.3, 0.4) is 0 Å². The maximum Gasteiger partial charge on any atom is 0.238 e. The number of carbonyl (C=O) groups excluding carboxylic acids is 1. The van der Waals surface area contributed by atoms with E-state index in [1.54, 1.807) is 7.11 Å². The Labute approximate surface area is 115 Å². The molecular formula is C15H24N2O2. The van der Waals surface area contributed by atoms with Gasteiger partial charge in [0.25, 0.3) is 0 Å². The highest BCUT2D eigenvalue weighted by Crippen LogP contribution is 2.08. The zero-order valence-corrected chi connectivity index (χ0v) is 11.9. The van der Waals surface area contributed by atoms with Gasteiger partial charge in [-0.15, -0.1) is 0 Å². The fraction of sp³-hybridized carbons (Fsp3) is 0.533. The minimum atomic E-state index is 0.00231. The first-order valence-corrected chi connectivity index (χ1v) is 6.78. The molecule has 4 nitrogen and oxygen atoms in total. The summed E-state index contributed by atoms with van der Waals surface area (Å²) in [6.07, 6.45) is 3.27. The molecule has 0 spiro atoms. The Bertz CT molecular complexity index is 380. The number of anilines is 1. The first-order valence-electron chi connectivity index (χ1n) is 6.78. The van der Waals surface area contributed by atoms with Crippen LogP contribution in [0.2, 0.25) is 0 Å². The van der Waals surface area contributed by atoms with Crippen molar-refractivity contribution in [1.29, 1.82) is 0 Å². The van der Waals surface area contributed by atoms with Gasteiger partial charge >= 0.3 is 0 Å². The first kappa shape index (κ1) is 15.7. The van der Waals surface area contributed by atoms with Crippen molar-refractivity contribution in [3.8, 4) is 0 Å². The van der Waals surface area contributed by atoms with Crippen LogP contribution >= 0.6 is 0 Å². The summed E-state index contributed by atoms with van der Waals surface area (Å²) in [7, 11) is 1.72. The van der Waals surface area contributed by atoms with Gasteiger partial charge in [0.15, 0.2) is 0 Å². The molecule has 0 fully saturated rings. The highest BCUT2D eigenvalue weighted by Gasteiger charge is 2.01. The second-order valence-electron chi connectivity index (χ2n) is 4.65. The van der Waals surface area contributed by atoms with E-state index in [0.717, 1.165) is 43.7 Å². The van der Waals surface area contributed by atoms with Crippen LogP contribution in [0.4, 0.5) is 5.69 Å². The second-order valence-corrected chi connectivity index (χ2v) is 4.65. The smallest absolute Gasteiger partial charge is 0.238 e. The Morgan fingerprint density at radius 2 is 2.11 bits per heavy atom. The monoisotopic (exact) mass is 264 g/mol. The molecule has 0 atom stereocenters. The maximum absolute atomic E-state index is 11.7. The number of hydrogen-bond acceptors (Lipinski definition) is 3. The van der Waals surface area contributed by atoms with Crippen LogP contribution in [0.1, 0.15) is 24.8 Å². The Morgan fingerprint density at radius 3 is 2.84 bits per heavy atom. The van der Waals surface area contributed by atoms with E-state index >= 15 is 0 Å². The van der Waals surface area contributed by atoms with Crippen molar-refractivity contribution in [1.82, 2.24) is 5.32 Å². The fourth-order valence-electron chi connectivity index (χ4n) is 1.80. The van der Waals surface area contributed by atoms with Crippen LogP contribution < -0.4 is 10.6 Å². The maximum atomic E-state index is 11.7. The summed E-state index contributed by atoms with van der Waals surface area (Å²) in [5.41, 5.74) is 2.00. The molecule has 2 N–H and O–H groups in total. The molecule has 0 aliphatic rings. The Balaban J connectivity index is 2.08. The quantitative estimate of drug-likeness (QED) is 0.673. The number of amides is 1. The zero-order valence-electron chi connectivity index (χ0n) is 11.9. The van der Waals surface area contributed by atoms with Gasteiger partial charge in [0.2, 0.25) is 5.91 Å². The molecule has 0 aromatic heterocycles. The molecule has 106 valence electrons. The molecule has 1 aromatic rings. The van der Waals surface area contributed by atoms with E-state index in [1.165, 1.54) is 0 Å². The average molecular weight is 264 g/mol. The molecule has 0 aliphatic heterocycles. The topological polar surface area (TPSA) is 50.4 Å². The normalized spacial score (nSPS) is 10.4. The summed E-state index contributed by atoms with van der Waals surface area (Å²) >= 11 is 0. The number of aryl methyl sites for hydroxylation is 1. The van der Waals surface area contributed by atoms with Crippen molar-refractivity contribution in [2.45, 2.75) is 26.2 Å². The van der Waals surface area contributed by atoms with Gasteiger partial charge in [-0.25, -0.2) is 0 Å². The molecule has 1 rings (SSSR count). The molecule has 0 saturated carbocycles. The number of hydrogen-bond donors (Lipinski definition) is 2. The third-order valence-corrected chi connectivity index (χ3v) is 2.79. The van der Waals surface area contributed by atoms with Crippen molar-refractivity contribution in [3.05, 3.63) is 29.8 Å². The molecule has 4 heteroatoms. The number of carbonyl (C=O) groups is 1. The number of nitrogens with one attached hydrogen (secondary N) is 2. The molecule has 0 radical (unpaired) electrons. The Hall–Kier alpha value is -1.39. The van der Waals surface area contributed by atoms with Crippen LogP contribution in [0.15, 0.2) is 24.3 Å². The lowest BCUT2D eigenvalue weighted by molar-refractivity contribution is -0.115. The third-order valence-electron chi connectivity index (χ3n) is 2.79. The van der Waals surface area contributed by atoms with E-state index in [0.29, 0.717) is 6.54 Å². The van der Waals surface area contributed by atoms with Crippen LogP contribution in [0.5, 0.6) is 0 Å². The summed E-state index contributed by atoms with van der Waals surface area (Å²) in [6, 6.07) is 7.81. The Kier molecular flexibility index (Phi) is 7.86. The van der Waals surface area contributed by atoms with E-state index < -0.39 is 0 Å². The molecule has 0 unspecified atom stereocenters. The van der Waals surface area contributed by atoms with E-state index in [1.807, 2.05) is 31.2 Å². The zero-order chi connectivity index (χ0) is 13.9. The van der Waals surface area contributed by atoms with Gasteiger partial charge in [0, 0.05) is 19.4 Å². The number of benzene rings is 1. The van der Waals surface area contributed by atoms with Gasteiger partial charge in [-0.1, -0.05) is 12.1 Å². The summed E-state index contributed by atoms with van der Waals surface area (Å²) in [6.45, 7) is 4.05. The van der Waals surface area contributed by atoms with Crippen molar-refractivity contribution >= 4 is 11.6 Å². The minimum Gasteiger partial charge on any atom is -0.385 e. The number of ether oxygens (including phenoxy) is 1. The molecule has 1 amide bonds. The summed E-state index contributed by atoms with van der Waals surface area (Å²) in [5, 5.41) is 6.02. The van der Waals surface area contributed by atoms with Crippen LogP contribution in [-0.2, 0) is 9.53 Å². The highest BCUT2D eigenvalue weighted by molar-refractivity contribution is 5.92. The summed E-state index contributed by atoms with van der Waals surface area (Å²) in [4.78, 5) is 11.7. The van der Waals surface area contributed by atoms with Crippen LogP contribution in [0.25, 0.3) is 0 Å². The number of unbranched alkanes of at least 4 members (excludes halogenated alkanes) is 2. The fourth-order valence-corrected chi connectivity index (χ4v) is 1.80. The Morgan fingerprint density at radius 1 is 1.26 bits per heavy atom. The van der Waals surface area contributed by atoms with Gasteiger partial charge < -0.3 is 15.4 Å². The van der Waals surface area contributed by atoms with E-state index in [2.05, 4.69) is 10.6 Å². The van der Waals surface area contributed by atoms with Crippen molar-refractivity contribution < 1.29 is 9.53 Å². The highest BCUT2D eigenvalue weighted by atomic mass is 16.5. The standard InChI is InChI=1S/C15H24N2O2/c1-13-7-6-8-14(11-13)17-15(18)12-16-9-4-3-5-10-19-2/h6-8,11,16H,3-5,9-10,12H2,1-2H3,(H,17,18). The van der Waals surface area contributed by atoms with Gasteiger partial charge in [-0.2, -0.15) is 0 Å². The molecular weight excluding hydrogens is 240 g/mol. The molecule has 0 bridgehead atoms. The summed E-state index contributed by atoms with van der Waals surface area (Å²) < 4.78 is 4.98. The van der Waals surface area contributed by atoms with Gasteiger partial charge in [-0.3, -0.25) is 4.79 Å². The average Bonchev–Trinajstić information content (AvgIpc) is 2.37. The SMILES string of the molecule is COCCCCCNCC(=O)Nc1cccc(C)c1. The lowest BCUT2D eigenvalue weighted by atomic mass is 10.2. The van der Waals surface area contributed by atoms with E-state index in [9.17, 15) is 4.79 Å². The van der Waals surface area contributed by atoms with Crippen LogP contribution in [0, 0.1) is 6.92 Å². The largest absolute Gasteiger partial charge is 0.385 e. The van der Waals surface area contributed by atoms with Crippen molar-refractivity contribution in [3.63, 3.8) is 0 Å². The minimum absolute atomic E-state index is 0.00231. The van der Waals surface area contributed by atoms with Gasteiger partial charge in [0.1, 0.15) is 0 Å². The molecule has 0 aliphatic carbocycles. The lowest BCUT2D eigenvalue weighted by Gasteiger charge is -2.07. The van der Waals surface area contributed by atoms with E-state index in [4.69, 9.17) is 4.74 Å². The summed E-state index contributed by atoms with van der Waals surface area (Å²) in [5.74, 6) is 0.00231. The second kappa shape index (κ2) is 9.53. The first-order chi connectivity index (χ1) is 9.22. The molecule has 0 saturated heterocycles. The predicted octanol–water partition coefficient (Wildman–Crippen LogP) is 2.34. The number of rotatable bonds is 9.